The Morgan fingerprint density at radius 3 is 2.52 bits per heavy atom. The Bertz CT molecular complexity index is 1570. The van der Waals surface area contributed by atoms with Gasteiger partial charge in [-0.25, -0.2) is 18.4 Å². The molecule has 0 radical (unpaired) electrons. The minimum atomic E-state index is -3.93. The molecule has 0 spiro atoms. The van der Waals surface area contributed by atoms with Crippen molar-refractivity contribution in [2.45, 2.75) is 9.10 Å². The Hall–Kier alpha value is -3.76. The van der Waals surface area contributed by atoms with Gasteiger partial charge in [0.25, 0.3) is 0 Å². The minimum Gasteiger partial charge on any atom is -0.508 e. The number of thiophene rings is 1. The van der Waals surface area contributed by atoms with Crippen LogP contribution >= 0.6 is 11.3 Å². The first kappa shape index (κ1) is 19.2. The summed E-state index contributed by atoms with van der Waals surface area (Å²) in [4.78, 5) is 9.00. The van der Waals surface area contributed by atoms with Gasteiger partial charge in [-0.2, -0.15) is 9.78 Å². The third-order valence-electron chi connectivity index (χ3n) is 4.65. The van der Waals surface area contributed by atoms with Crippen molar-refractivity contribution in [3.05, 3.63) is 71.6 Å². The number of phenolic OH excluding ortho intramolecular Hbond substituents is 1. The second-order valence-electron chi connectivity index (χ2n) is 6.69. The number of aromatic nitrogens is 3. The maximum atomic E-state index is 13.4. The molecule has 0 aliphatic carbocycles. The van der Waals surface area contributed by atoms with Crippen LogP contribution in [0.4, 0.5) is 5.82 Å². The summed E-state index contributed by atoms with van der Waals surface area (Å²) >= 11 is 1.10. The van der Waals surface area contributed by atoms with Crippen LogP contribution in [0.25, 0.3) is 22.2 Å². The van der Waals surface area contributed by atoms with Gasteiger partial charge in [0.2, 0.25) is 9.84 Å². The molecule has 0 fully saturated rings. The Balaban J connectivity index is 1.81. The number of benzene rings is 2. The molecule has 0 aliphatic heterocycles. The fraction of sp³-hybridized carbons (Fsp3) is 0. The van der Waals surface area contributed by atoms with Gasteiger partial charge in [-0.15, -0.1) is 11.3 Å². The van der Waals surface area contributed by atoms with E-state index >= 15 is 0 Å². The molecule has 0 bridgehead atoms. The lowest BCUT2D eigenvalue weighted by Crippen LogP contribution is -2.05. The van der Waals surface area contributed by atoms with Crippen molar-refractivity contribution in [2.24, 2.45) is 5.10 Å². The Morgan fingerprint density at radius 1 is 1.03 bits per heavy atom. The third kappa shape index (κ3) is 3.22. The van der Waals surface area contributed by atoms with Crippen molar-refractivity contribution in [1.29, 1.82) is 0 Å². The highest BCUT2D eigenvalue weighted by Crippen LogP contribution is 2.36. The van der Waals surface area contributed by atoms with E-state index in [1.54, 1.807) is 47.8 Å². The van der Waals surface area contributed by atoms with Crippen molar-refractivity contribution >= 4 is 55.4 Å². The van der Waals surface area contributed by atoms with E-state index in [9.17, 15) is 13.5 Å². The number of anilines is 1. The lowest BCUT2D eigenvalue weighted by atomic mass is 10.2. The SMILES string of the molecule is Nc1c(S(=O)(=O)c2cccs2)c2nc3ccccc3nc2n1/N=C\c1cccc(O)c1. The van der Waals surface area contributed by atoms with Crippen molar-refractivity contribution in [3.8, 4) is 5.75 Å². The number of para-hydroxylation sites is 2. The molecule has 5 rings (SSSR count). The van der Waals surface area contributed by atoms with Gasteiger partial charge < -0.3 is 10.8 Å². The Labute approximate surface area is 180 Å². The first-order valence-corrected chi connectivity index (χ1v) is 11.5. The van der Waals surface area contributed by atoms with Crippen LogP contribution in [0, 0.1) is 0 Å². The standard InChI is InChI=1S/C21H15N5O3S2/c22-20-19(31(28,29)17-9-4-10-30-17)18-21(25-16-8-2-1-7-15(16)24-18)26(20)23-12-13-5-3-6-14(27)11-13/h1-12,27H,22H2/b23-12-. The zero-order valence-corrected chi connectivity index (χ0v) is 17.5. The zero-order chi connectivity index (χ0) is 21.6. The zero-order valence-electron chi connectivity index (χ0n) is 15.9. The average Bonchev–Trinajstić information content (AvgIpc) is 3.38. The van der Waals surface area contributed by atoms with Crippen LogP contribution < -0.4 is 5.73 Å². The number of hydrogen-bond acceptors (Lipinski definition) is 8. The second-order valence-corrected chi connectivity index (χ2v) is 9.75. The maximum Gasteiger partial charge on any atom is 0.221 e. The second kappa shape index (κ2) is 7.18. The van der Waals surface area contributed by atoms with Crippen LogP contribution in [0.15, 0.2) is 80.2 Å². The summed E-state index contributed by atoms with van der Waals surface area (Å²) in [7, 11) is -3.93. The number of nitrogen functional groups attached to an aromatic ring is 1. The molecule has 8 nitrogen and oxygen atoms in total. The van der Waals surface area contributed by atoms with Crippen molar-refractivity contribution < 1.29 is 13.5 Å². The molecule has 31 heavy (non-hydrogen) atoms. The molecular weight excluding hydrogens is 434 g/mol. The van der Waals surface area contributed by atoms with Gasteiger partial charge in [-0.1, -0.05) is 30.3 Å². The highest BCUT2D eigenvalue weighted by Gasteiger charge is 2.31. The molecule has 0 atom stereocenters. The fourth-order valence-corrected chi connectivity index (χ4v) is 5.83. The first-order chi connectivity index (χ1) is 14.9. The highest BCUT2D eigenvalue weighted by atomic mass is 32.2. The Morgan fingerprint density at radius 2 is 1.81 bits per heavy atom. The number of nitrogens with two attached hydrogens (primary N) is 1. The molecule has 0 saturated heterocycles. The fourth-order valence-electron chi connectivity index (χ4n) is 3.25. The number of nitrogens with zero attached hydrogens (tertiary/aromatic N) is 4. The summed E-state index contributed by atoms with van der Waals surface area (Å²) in [5, 5.41) is 15.7. The van der Waals surface area contributed by atoms with Crippen molar-refractivity contribution in [1.82, 2.24) is 14.6 Å². The number of sulfone groups is 1. The largest absolute Gasteiger partial charge is 0.508 e. The molecule has 0 amide bonds. The van der Waals surface area contributed by atoms with Crippen LogP contribution in [0.1, 0.15) is 5.56 Å². The molecule has 0 aliphatic rings. The van der Waals surface area contributed by atoms with Crippen LogP contribution in [0.3, 0.4) is 0 Å². The van der Waals surface area contributed by atoms with Crippen LogP contribution in [-0.4, -0.2) is 34.4 Å². The summed E-state index contributed by atoms with van der Waals surface area (Å²) in [5.74, 6) is -0.00357. The molecule has 154 valence electrons. The Kier molecular flexibility index (Phi) is 4.45. The van der Waals surface area contributed by atoms with E-state index in [4.69, 9.17) is 5.73 Å². The summed E-state index contributed by atoms with van der Waals surface area (Å²) in [6.45, 7) is 0. The summed E-state index contributed by atoms with van der Waals surface area (Å²) in [6.07, 6.45) is 1.47. The third-order valence-corrected chi connectivity index (χ3v) is 7.86. The van der Waals surface area contributed by atoms with Gasteiger partial charge in [-0.05, 0) is 41.3 Å². The molecule has 10 heteroatoms. The topological polar surface area (TPSA) is 123 Å². The normalized spacial score (nSPS) is 12.3. The number of hydrogen-bond donors (Lipinski definition) is 2. The van der Waals surface area contributed by atoms with E-state index in [1.165, 1.54) is 23.0 Å². The van der Waals surface area contributed by atoms with E-state index in [-0.39, 0.29) is 31.8 Å². The molecule has 0 unspecified atom stereocenters. The predicted octanol–water partition coefficient (Wildman–Crippen LogP) is 3.65. The number of phenols is 1. The van der Waals surface area contributed by atoms with E-state index < -0.39 is 9.84 Å². The van der Waals surface area contributed by atoms with E-state index in [0.717, 1.165) is 11.3 Å². The smallest absolute Gasteiger partial charge is 0.221 e. The van der Waals surface area contributed by atoms with Crippen molar-refractivity contribution in [2.75, 3.05) is 5.73 Å². The van der Waals surface area contributed by atoms with Crippen molar-refractivity contribution in [3.63, 3.8) is 0 Å². The molecule has 3 heterocycles. The first-order valence-electron chi connectivity index (χ1n) is 9.14. The van der Waals surface area contributed by atoms with Gasteiger partial charge >= 0.3 is 0 Å². The minimum absolute atomic E-state index is 0.0843. The van der Waals surface area contributed by atoms with Gasteiger partial charge in [0, 0.05) is 0 Å². The van der Waals surface area contributed by atoms with Gasteiger partial charge in [0.05, 0.1) is 17.2 Å². The molecule has 5 aromatic rings. The van der Waals surface area contributed by atoms with Crippen LogP contribution in [0.2, 0.25) is 0 Å². The monoisotopic (exact) mass is 449 g/mol. The van der Waals surface area contributed by atoms with Gasteiger partial charge in [-0.3, -0.25) is 0 Å². The lowest BCUT2D eigenvalue weighted by Gasteiger charge is -2.02. The molecule has 3 N–H and O–H groups in total. The molecule has 3 aromatic heterocycles. The van der Waals surface area contributed by atoms with E-state index in [2.05, 4.69) is 15.1 Å². The van der Waals surface area contributed by atoms with Gasteiger partial charge in [0.15, 0.2) is 5.65 Å². The molecule has 2 aromatic carbocycles. The molecular formula is C21H15N5O3S2. The summed E-state index contributed by atoms with van der Waals surface area (Å²) < 4.78 is 28.1. The van der Waals surface area contributed by atoms with Gasteiger partial charge in [0.1, 0.15) is 26.2 Å². The molecule has 0 saturated carbocycles. The summed E-state index contributed by atoms with van der Waals surface area (Å²) in [5.41, 5.74) is 8.43. The lowest BCUT2D eigenvalue weighted by molar-refractivity contribution is 0.475. The predicted molar refractivity (Wildman–Crippen MR) is 120 cm³/mol. The number of aromatic hydroxyl groups is 1. The maximum absolute atomic E-state index is 13.4. The van der Waals surface area contributed by atoms with Crippen LogP contribution in [0.5, 0.6) is 5.75 Å². The van der Waals surface area contributed by atoms with E-state index in [0.29, 0.717) is 16.6 Å². The number of rotatable bonds is 4. The average molecular weight is 450 g/mol. The summed E-state index contributed by atoms with van der Waals surface area (Å²) in [6, 6.07) is 16.8. The highest BCUT2D eigenvalue weighted by molar-refractivity contribution is 7.93. The number of fused-ring (bicyclic) bond motifs is 2. The van der Waals surface area contributed by atoms with E-state index in [1.807, 2.05) is 6.07 Å². The quantitative estimate of drug-likeness (QED) is 0.404. The van der Waals surface area contributed by atoms with Crippen LogP contribution in [-0.2, 0) is 9.84 Å².